The van der Waals surface area contributed by atoms with Gasteiger partial charge in [-0.25, -0.2) is 0 Å². The molecule has 1 aliphatic carbocycles. The Labute approximate surface area is 222 Å². The van der Waals surface area contributed by atoms with E-state index in [9.17, 15) is 20.4 Å². The summed E-state index contributed by atoms with van der Waals surface area (Å²) in [4.78, 5) is 14.4. The zero-order chi connectivity index (χ0) is 26.7. The number of hydrogen-bond donors (Lipinski definition) is 3. The molecule has 0 radical (unpaired) electrons. The summed E-state index contributed by atoms with van der Waals surface area (Å²) in [7, 11) is 0. The number of anilines is 1. The second-order valence-electron chi connectivity index (χ2n) is 10.3. The van der Waals surface area contributed by atoms with Gasteiger partial charge in [0.25, 0.3) is 5.91 Å². The molecule has 2 aliphatic rings. The van der Waals surface area contributed by atoms with Crippen molar-refractivity contribution in [1.29, 1.82) is 10.5 Å². The van der Waals surface area contributed by atoms with E-state index in [0.29, 0.717) is 24.9 Å². The smallest absolute Gasteiger partial charge is 0.254 e. The molecule has 1 unspecified atom stereocenters. The molecule has 2 aromatic carbocycles. The van der Waals surface area contributed by atoms with Gasteiger partial charge in [-0.3, -0.25) is 14.4 Å². The molecular formula is C29H31N7O2. The number of nitrogens with two attached hydrogens (primary N) is 1. The van der Waals surface area contributed by atoms with Gasteiger partial charge in [-0.2, -0.15) is 15.6 Å². The molecule has 1 saturated carbocycles. The fourth-order valence-electron chi connectivity index (χ4n) is 5.25. The van der Waals surface area contributed by atoms with Crippen LogP contribution in [0.15, 0.2) is 54.7 Å². The van der Waals surface area contributed by atoms with Crippen molar-refractivity contribution in [3.05, 3.63) is 71.4 Å². The lowest BCUT2D eigenvalue weighted by molar-refractivity contribution is 0.0966. The van der Waals surface area contributed by atoms with Gasteiger partial charge in [-0.05, 0) is 48.4 Å². The highest BCUT2D eigenvalue weighted by Gasteiger charge is 2.39. The van der Waals surface area contributed by atoms with E-state index in [1.54, 1.807) is 10.9 Å². The number of aliphatic hydroxyl groups is 1. The fourth-order valence-corrected chi connectivity index (χ4v) is 5.25. The summed E-state index contributed by atoms with van der Waals surface area (Å²) in [6, 6.07) is 20.6. The number of nitrogens with zero attached hydrogens (tertiary/aromatic N) is 5. The Morgan fingerprint density at radius 2 is 1.92 bits per heavy atom. The molecular weight excluding hydrogens is 478 g/mol. The Balaban J connectivity index is 1.31. The molecule has 38 heavy (non-hydrogen) atoms. The number of aliphatic hydroxyl groups excluding tert-OH is 1. The summed E-state index contributed by atoms with van der Waals surface area (Å²) in [6.45, 7) is 2.14. The molecule has 9 nitrogen and oxygen atoms in total. The van der Waals surface area contributed by atoms with Gasteiger partial charge in [-0.15, -0.1) is 0 Å². The van der Waals surface area contributed by atoms with Crippen LogP contribution >= 0.6 is 0 Å². The first kappa shape index (κ1) is 25.5. The number of likely N-dealkylation sites (tertiary alicyclic amines) is 1. The van der Waals surface area contributed by atoms with Crippen molar-refractivity contribution in [2.24, 2.45) is 11.7 Å². The first-order valence-electron chi connectivity index (χ1n) is 12.9. The number of amides is 1. The topological polar surface area (TPSA) is 144 Å². The summed E-state index contributed by atoms with van der Waals surface area (Å²) in [5.74, 6) is -0.210. The number of hydrogen-bond acceptors (Lipinski definition) is 7. The van der Waals surface area contributed by atoms with Gasteiger partial charge in [0.15, 0.2) is 5.82 Å². The summed E-state index contributed by atoms with van der Waals surface area (Å²) in [6.07, 6.45) is 4.27. The zero-order valence-corrected chi connectivity index (χ0v) is 21.2. The van der Waals surface area contributed by atoms with Crippen LogP contribution in [0.3, 0.4) is 0 Å². The summed E-state index contributed by atoms with van der Waals surface area (Å²) in [5, 5.41) is 37.3. The molecule has 1 saturated heterocycles. The lowest BCUT2D eigenvalue weighted by Gasteiger charge is -2.40. The van der Waals surface area contributed by atoms with Crippen molar-refractivity contribution >= 4 is 11.7 Å². The van der Waals surface area contributed by atoms with Crippen LogP contribution in [-0.4, -0.2) is 45.0 Å². The first-order valence-corrected chi connectivity index (χ1v) is 12.9. The third-order valence-electron chi connectivity index (χ3n) is 7.71. The third kappa shape index (κ3) is 5.26. The minimum atomic E-state index is -0.781. The molecule has 2 fully saturated rings. The summed E-state index contributed by atoms with van der Waals surface area (Å²) in [5.41, 5.74) is 8.89. The SMILES string of the molecule is N#CCC1(n2cc(C(N)=O)c(NC(O)C3CC3)n2)CCN(Cc2ccc(-c3ccccc3)c(C#N)c2)CC1. The fraction of sp³-hybridized carbons (Fsp3) is 0.379. The third-order valence-corrected chi connectivity index (χ3v) is 7.71. The predicted molar refractivity (Wildman–Crippen MR) is 142 cm³/mol. The minimum absolute atomic E-state index is 0.153. The normalized spacial score (nSPS) is 17.8. The van der Waals surface area contributed by atoms with Crippen LogP contribution in [0.1, 0.15) is 53.6 Å². The monoisotopic (exact) mass is 509 g/mol. The molecule has 194 valence electrons. The molecule has 1 aliphatic heterocycles. The van der Waals surface area contributed by atoms with E-state index in [2.05, 4.69) is 33.5 Å². The van der Waals surface area contributed by atoms with Gasteiger partial charge < -0.3 is 16.2 Å². The number of rotatable bonds is 9. The lowest BCUT2D eigenvalue weighted by atomic mass is 9.84. The van der Waals surface area contributed by atoms with Crippen LogP contribution in [0.5, 0.6) is 0 Å². The van der Waals surface area contributed by atoms with Crippen LogP contribution < -0.4 is 11.1 Å². The number of carbonyl (C=O) groups excluding carboxylic acids is 1. The number of carbonyl (C=O) groups is 1. The maximum atomic E-state index is 12.1. The van der Waals surface area contributed by atoms with Crippen molar-refractivity contribution in [3.8, 4) is 23.3 Å². The molecule has 2 heterocycles. The molecule has 9 heteroatoms. The molecule has 1 amide bonds. The molecule has 4 N–H and O–H groups in total. The highest BCUT2D eigenvalue weighted by molar-refractivity contribution is 5.97. The van der Waals surface area contributed by atoms with E-state index >= 15 is 0 Å². The van der Waals surface area contributed by atoms with Crippen molar-refractivity contribution in [3.63, 3.8) is 0 Å². The highest BCUT2D eigenvalue weighted by atomic mass is 16.3. The first-order chi connectivity index (χ1) is 18.4. The van der Waals surface area contributed by atoms with Crippen LogP contribution in [0.25, 0.3) is 11.1 Å². The van der Waals surface area contributed by atoms with Crippen molar-refractivity contribution in [2.45, 2.75) is 50.4 Å². The largest absolute Gasteiger partial charge is 0.373 e. The Morgan fingerprint density at radius 3 is 2.55 bits per heavy atom. The van der Waals surface area contributed by atoms with Crippen LogP contribution in [-0.2, 0) is 12.1 Å². The van der Waals surface area contributed by atoms with Gasteiger partial charge in [0.05, 0.1) is 29.7 Å². The molecule has 3 aromatic rings. The number of piperidine rings is 1. The van der Waals surface area contributed by atoms with E-state index in [1.807, 2.05) is 42.5 Å². The highest BCUT2D eigenvalue weighted by Crippen LogP contribution is 2.37. The van der Waals surface area contributed by atoms with Crippen LogP contribution in [0, 0.1) is 28.6 Å². The van der Waals surface area contributed by atoms with Crippen molar-refractivity contribution in [1.82, 2.24) is 14.7 Å². The number of aromatic nitrogens is 2. The van der Waals surface area contributed by atoms with Gasteiger partial charge in [-0.1, -0.05) is 42.5 Å². The predicted octanol–water partition coefficient (Wildman–Crippen LogP) is 3.57. The Morgan fingerprint density at radius 1 is 1.18 bits per heavy atom. The van der Waals surface area contributed by atoms with E-state index < -0.39 is 17.7 Å². The van der Waals surface area contributed by atoms with Crippen LogP contribution in [0.2, 0.25) is 0 Å². The maximum absolute atomic E-state index is 12.1. The zero-order valence-electron chi connectivity index (χ0n) is 21.2. The molecule has 0 spiro atoms. The van der Waals surface area contributed by atoms with E-state index in [-0.39, 0.29) is 23.7 Å². The minimum Gasteiger partial charge on any atom is -0.373 e. The van der Waals surface area contributed by atoms with Crippen LogP contribution in [0.4, 0.5) is 5.82 Å². The Kier molecular flexibility index (Phi) is 7.15. The number of nitriles is 2. The standard InChI is InChI=1S/C29H31N7O2/c30-13-10-29(36-19-25(26(32)37)27(34-36)33-28(38)22-7-8-22)11-14-35(15-12-29)18-20-6-9-24(23(16-20)17-31)21-4-2-1-3-5-21/h1-6,9,16,19,22,28,38H,7-8,10-12,14-15,18H2,(H2,32,37)(H,33,34). The molecule has 1 atom stereocenters. The number of primary amides is 1. The Hall–Kier alpha value is -4.18. The molecule has 1 aromatic heterocycles. The van der Waals surface area contributed by atoms with Gasteiger partial charge in [0.1, 0.15) is 11.8 Å². The summed E-state index contributed by atoms with van der Waals surface area (Å²) >= 11 is 0. The van der Waals surface area contributed by atoms with E-state index in [4.69, 9.17) is 5.73 Å². The van der Waals surface area contributed by atoms with E-state index in [1.165, 1.54) is 0 Å². The van der Waals surface area contributed by atoms with Crippen molar-refractivity contribution < 1.29 is 9.90 Å². The second kappa shape index (κ2) is 10.7. The molecule has 5 rings (SSSR count). The van der Waals surface area contributed by atoms with E-state index in [0.717, 1.165) is 42.6 Å². The van der Waals surface area contributed by atoms with Crippen molar-refractivity contribution in [2.75, 3.05) is 18.4 Å². The second-order valence-corrected chi connectivity index (χ2v) is 10.3. The quantitative estimate of drug-likeness (QED) is 0.374. The summed E-state index contributed by atoms with van der Waals surface area (Å²) < 4.78 is 1.71. The van der Waals surface area contributed by atoms with Gasteiger partial charge in [0.2, 0.25) is 0 Å². The Bertz CT molecular complexity index is 1390. The number of nitrogens with one attached hydrogen (secondary N) is 1. The average Bonchev–Trinajstić information content (AvgIpc) is 3.70. The van der Waals surface area contributed by atoms with Gasteiger partial charge in [0, 0.05) is 31.7 Å². The van der Waals surface area contributed by atoms with Gasteiger partial charge >= 0.3 is 0 Å². The average molecular weight is 510 g/mol. The number of benzene rings is 2. The lowest BCUT2D eigenvalue weighted by Crippen LogP contribution is -2.46. The molecule has 0 bridgehead atoms. The maximum Gasteiger partial charge on any atom is 0.254 e.